The number of aromatic hydroxyl groups is 1. The Bertz CT molecular complexity index is 1880. The first-order valence-electron chi connectivity index (χ1n) is 12.8. The molecule has 0 amide bonds. The average molecular weight is 578 g/mol. The molecule has 0 bridgehead atoms. The van der Waals surface area contributed by atoms with Crippen LogP contribution in [0.5, 0.6) is 5.88 Å². The van der Waals surface area contributed by atoms with Crippen LogP contribution in [-0.2, 0) is 29.6 Å². The molecule has 2 aromatic heterocycles. The van der Waals surface area contributed by atoms with E-state index < -0.39 is 38.4 Å². The maximum absolute atomic E-state index is 12.5. The van der Waals surface area contributed by atoms with Crippen LogP contribution in [0, 0.1) is 11.3 Å². The maximum Gasteiger partial charge on any atom is 0.333 e. The smallest absolute Gasteiger partial charge is 0.333 e. The van der Waals surface area contributed by atoms with Gasteiger partial charge in [0.05, 0.1) is 27.2 Å². The van der Waals surface area contributed by atoms with Gasteiger partial charge in [-0.1, -0.05) is 6.08 Å². The molecule has 1 aliphatic heterocycles. The van der Waals surface area contributed by atoms with E-state index in [1.54, 1.807) is 6.08 Å². The summed E-state index contributed by atoms with van der Waals surface area (Å²) in [5.41, 5.74) is 3.10. The molecule has 1 N–H and O–H groups in total. The SMILES string of the molecule is CN(CCCS(=O)(=O)[O-])c1ccc2c(c1)C(C)(C)c1cc(/C(C#N)=C/C=C/c3c(O)n(C)c(=O)n(C)c3=O)cc[n+]1-2. The quantitative estimate of drug-likeness (QED) is 0.184. The van der Waals surface area contributed by atoms with Gasteiger partial charge >= 0.3 is 5.69 Å². The van der Waals surface area contributed by atoms with Gasteiger partial charge in [0.1, 0.15) is 5.56 Å². The van der Waals surface area contributed by atoms with E-state index in [1.165, 1.54) is 26.2 Å². The molecule has 11 nitrogen and oxygen atoms in total. The predicted molar refractivity (Wildman–Crippen MR) is 154 cm³/mol. The van der Waals surface area contributed by atoms with E-state index in [4.69, 9.17) is 0 Å². The number of nitriles is 1. The van der Waals surface area contributed by atoms with Crippen LogP contribution >= 0.6 is 0 Å². The molecule has 0 unspecified atom stereocenters. The van der Waals surface area contributed by atoms with Gasteiger partial charge in [-0.05, 0) is 44.6 Å². The van der Waals surface area contributed by atoms with Gasteiger partial charge in [0.2, 0.25) is 11.6 Å². The van der Waals surface area contributed by atoms with Crippen LogP contribution in [0.3, 0.4) is 0 Å². The monoisotopic (exact) mass is 577 g/mol. The van der Waals surface area contributed by atoms with Crippen molar-refractivity contribution in [3.8, 4) is 17.6 Å². The Labute approximate surface area is 237 Å². The number of pyridine rings is 1. The predicted octanol–water partition coefficient (Wildman–Crippen LogP) is 1.70. The molecule has 214 valence electrons. The Balaban J connectivity index is 1.64. The fourth-order valence-electron chi connectivity index (χ4n) is 5.02. The molecular formula is C29H31N5O6S. The van der Waals surface area contributed by atoms with Crippen LogP contribution in [0.4, 0.5) is 5.69 Å². The first-order valence-corrected chi connectivity index (χ1v) is 14.4. The van der Waals surface area contributed by atoms with Crippen LogP contribution < -0.4 is 20.7 Å². The summed E-state index contributed by atoms with van der Waals surface area (Å²) in [5, 5.41) is 20.2. The number of benzene rings is 1. The molecule has 0 atom stereocenters. The Morgan fingerprint density at radius 2 is 1.90 bits per heavy atom. The fourth-order valence-corrected chi connectivity index (χ4v) is 5.50. The lowest BCUT2D eigenvalue weighted by molar-refractivity contribution is -0.599. The molecule has 0 saturated carbocycles. The zero-order valence-electron chi connectivity index (χ0n) is 23.5. The molecule has 4 rings (SSSR count). The molecule has 0 radical (unpaired) electrons. The minimum absolute atomic E-state index is 0.0698. The summed E-state index contributed by atoms with van der Waals surface area (Å²) < 4.78 is 36.8. The molecule has 3 aromatic rings. The van der Waals surface area contributed by atoms with E-state index in [1.807, 2.05) is 42.4 Å². The molecule has 0 spiro atoms. The van der Waals surface area contributed by atoms with E-state index in [0.717, 1.165) is 31.8 Å². The molecule has 1 aliphatic rings. The maximum atomic E-state index is 12.5. The van der Waals surface area contributed by atoms with Crippen molar-refractivity contribution in [2.24, 2.45) is 14.1 Å². The van der Waals surface area contributed by atoms with Gasteiger partial charge in [0.25, 0.3) is 5.56 Å². The lowest BCUT2D eigenvalue weighted by Crippen LogP contribution is -2.37. The summed E-state index contributed by atoms with van der Waals surface area (Å²) in [5.74, 6) is -0.875. The zero-order chi connectivity index (χ0) is 30.3. The van der Waals surface area contributed by atoms with Gasteiger partial charge in [0.15, 0.2) is 11.9 Å². The van der Waals surface area contributed by atoms with Gasteiger partial charge in [0, 0.05) is 68.5 Å². The minimum Gasteiger partial charge on any atom is -0.748 e. The number of hydrogen-bond acceptors (Lipinski definition) is 8. The van der Waals surface area contributed by atoms with Crippen molar-refractivity contribution in [2.75, 3.05) is 24.2 Å². The Kier molecular flexibility index (Phi) is 7.80. The second-order valence-electron chi connectivity index (χ2n) is 10.5. The van der Waals surface area contributed by atoms with E-state index in [-0.39, 0.29) is 12.0 Å². The molecule has 3 heterocycles. The fraction of sp³-hybridized carbons (Fsp3) is 0.310. The number of allylic oxidation sites excluding steroid dienone is 3. The first-order chi connectivity index (χ1) is 19.2. The second-order valence-corrected chi connectivity index (χ2v) is 12.1. The Morgan fingerprint density at radius 1 is 1.20 bits per heavy atom. The van der Waals surface area contributed by atoms with E-state index in [2.05, 4.69) is 30.6 Å². The Hall–Kier alpha value is -4.47. The average Bonchev–Trinajstić information content (AvgIpc) is 3.15. The highest BCUT2D eigenvalue weighted by Crippen LogP contribution is 2.40. The topological polar surface area (TPSA) is 152 Å². The standard InChI is InChI=1S/C29H31N5O6S/c1-29(2)23-17-21(31(3)13-7-15-41(38,39)40)10-11-24(23)34-14-12-19(16-25(29)34)20(18-30)8-6-9-22-26(35)32(4)28(37)33(5)27(22)36/h6,8-12,14,16-17H,7,13,15H2,1-5H3,(H,38,39,40). The molecule has 12 heteroatoms. The number of anilines is 1. The Morgan fingerprint density at radius 3 is 2.56 bits per heavy atom. The van der Waals surface area contributed by atoms with Crippen LogP contribution in [-0.4, -0.2) is 46.6 Å². The summed E-state index contributed by atoms with van der Waals surface area (Å²) >= 11 is 0. The van der Waals surface area contributed by atoms with Gasteiger partial charge in [-0.3, -0.25) is 13.9 Å². The third-order valence-corrected chi connectivity index (χ3v) is 8.25. The molecule has 0 aliphatic carbocycles. The first kappa shape index (κ1) is 29.5. The van der Waals surface area contributed by atoms with Crippen molar-refractivity contribution in [1.29, 1.82) is 5.26 Å². The highest BCUT2D eigenvalue weighted by atomic mass is 32.2. The summed E-state index contributed by atoms with van der Waals surface area (Å²) in [4.78, 5) is 26.4. The van der Waals surface area contributed by atoms with Gasteiger partial charge < -0.3 is 14.6 Å². The summed E-state index contributed by atoms with van der Waals surface area (Å²) in [7, 11) is 0.269. The zero-order valence-corrected chi connectivity index (χ0v) is 24.3. The molecule has 1 aromatic carbocycles. The normalized spacial score (nSPS) is 14.1. The van der Waals surface area contributed by atoms with E-state index in [9.17, 15) is 32.9 Å². The number of rotatable bonds is 8. The lowest BCUT2D eigenvalue weighted by Gasteiger charge is -2.22. The van der Waals surface area contributed by atoms with Crippen LogP contribution in [0.15, 0.2) is 58.3 Å². The molecular weight excluding hydrogens is 546 g/mol. The summed E-state index contributed by atoms with van der Waals surface area (Å²) in [6.45, 7) is 4.57. The van der Waals surface area contributed by atoms with Crippen molar-refractivity contribution in [3.05, 3.63) is 91.9 Å². The number of fused-ring (bicyclic) bond motifs is 3. The second kappa shape index (κ2) is 10.8. The van der Waals surface area contributed by atoms with E-state index >= 15 is 0 Å². The summed E-state index contributed by atoms with van der Waals surface area (Å²) in [6.07, 6.45) is 6.51. The largest absolute Gasteiger partial charge is 0.748 e. The van der Waals surface area contributed by atoms with Crippen LogP contribution in [0.2, 0.25) is 0 Å². The third-order valence-electron chi connectivity index (χ3n) is 7.46. The van der Waals surface area contributed by atoms with Crippen molar-refractivity contribution in [2.45, 2.75) is 25.7 Å². The number of nitrogens with zero attached hydrogens (tertiary/aromatic N) is 5. The van der Waals surface area contributed by atoms with Crippen molar-refractivity contribution < 1.29 is 22.6 Å². The van der Waals surface area contributed by atoms with Crippen molar-refractivity contribution >= 4 is 27.5 Å². The highest BCUT2D eigenvalue weighted by molar-refractivity contribution is 7.85. The number of hydrogen-bond donors (Lipinski definition) is 1. The molecule has 41 heavy (non-hydrogen) atoms. The molecule has 0 saturated heterocycles. The number of aromatic nitrogens is 3. The third kappa shape index (κ3) is 5.59. The van der Waals surface area contributed by atoms with Crippen molar-refractivity contribution in [3.63, 3.8) is 0 Å². The van der Waals surface area contributed by atoms with Gasteiger partial charge in [-0.25, -0.2) is 13.2 Å². The highest BCUT2D eigenvalue weighted by Gasteiger charge is 2.44. The lowest BCUT2D eigenvalue weighted by atomic mass is 9.82. The van der Waals surface area contributed by atoms with Crippen LogP contribution in [0.1, 0.15) is 42.7 Å². The van der Waals surface area contributed by atoms with Gasteiger partial charge in [-0.2, -0.15) is 9.83 Å². The van der Waals surface area contributed by atoms with E-state index in [0.29, 0.717) is 17.7 Å². The summed E-state index contributed by atoms with van der Waals surface area (Å²) in [6, 6.07) is 11.9. The minimum atomic E-state index is -4.26. The van der Waals surface area contributed by atoms with Gasteiger partial charge in [-0.15, -0.1) is 0 Å². The molecule has 0 fully saturated rings. The van der Waals surface area contributed by atoms with Crippen LogP contribution in [0.25, 0.3) is 17.3 Å². The van der Waals surface area contributed by atoms with Crippen molar-refractivity contribution in [1.82, 2.24) is 9.13 Å².